The van der Waals surface area contributed by atoms with Crippen LogP contribution in [-0.4, -0.2) is 22.7 Å². The molecule has 1 aliphatic heterocycles. The van der Waals surface area contributed by atoms with Crippen LogP contribution in [0.2, 0.25) is 0 Å². The van der Waals surface area contributed by atoms with Crippen molar-refractivity contribution < 1.29 is 19.0 Å². The number of fused-ring (bicyclic) bond motifs is 1. The van der Waals surface area contributed by atoms with E-state index in [0.717, 1.165) is 10.6 Å². The highest BCUT2D eigenvalue weighted by atomic mass is 32.1. The number of aromatic nitrogens is 2. The summed E-state index contributed by atoms with van der Waals surface area (Å²) in [4.78, 5) is 20.6. The van der Waals surface area contributed by atoms with E-state index in [2.05, 4.69) is 9.97 Å². The lowest BCUT2D eigenvalue weighted by molar-refractivity contribution is -0.133. The summed E-state index contributed by atoms with van der Waals surface area (Å²) in [5.74, 6) is 1.27. The Hall–Kier alpha value is -2.93. The predicted octanol–water partition coefficient (Wildman–Crippen LogP) is 3.08. The molecule has 0 atom stereocenters. The Morgan fingerprint density at radius 2 is 2.17 bits per heavy atom. The van der Waals surface area contributed by atoms with Crippen LogP contribution < -0.4 is 14.2 Å². The molecule has 1 aromatic carbocycles. The predicted molar refractivity (Wildman–Crippen MR) is 87.2 cm³/mol. The zero-order valence-electron chi connectivity index (χ0n) is 12.5. The second kappa shape index (κ2) is 6.29. The van der Waals surface area contributed by atoms with Crippen molar-refractivity contribution in [1.82, 2.24) is 9.97 Å². The van der Waals surface area contributed by atoms with Crippen LogP contribution in [0.25, 0.3) is 10.6 Å². The Morgan fingerprint density at radius 1 is 1.25 bits per heavy atom. The molecule has 0 fully saturated rings. The summed E-state index contributed by atoms with van der Waals surface area (Å²) in [6.45, 7) is 0.183. The molecule has 0 saturated heterocycles. The fourth-order valence-electron chi connectivity index (χ4n) is 2.27. The van der Waals surface area contributed by atoms with E-state index in [1.165, 1.54) is 11.3 Å². The van der Waals surface area contributed by atoms with Crippen LogP contribution >= 0.6 is 11.3 Å². The van der Waals surface area contributed by atoms with Gasteiger partial charge in [0, 0.05) is 29.4 Å². The van der Waals surface area contributed by atoms with Gasteiger partial charge in [-0.15, -0.1) is 11.3 Å². The molecule has 3 heterocycles. The Kier molecular flexibility index (Phi) is 3.84. The molecular formula is C17H12N2O4S. The van der Waals surface area contributed by atoms with Crippen molar-refractivity contribution in [2.24, 2.45) is 0 Å². The minimum atomic E-state index is -0.378. The van der Waals surface area contributed by atoms with Crippen LogP contribution in [0.1, 0.15) is 5.69 Å². The summed E-state index contributed by atoms with van der Waals surface area (Å²) >= 11 is 1.47. The summed E-state index contributed by atoms with van der Waals surface area (Å²) in [6.07, 6.45) is 3.56. The molecule has 120 valence electrons. The normalized spacial score (nSPS) is 12.2. The third kappa shape index (κ3) is 3.07. The molecule has 3 aromatic rings. The second-order valence-corrected chi connectivity index (χ2v) is 5.91. The number of rotatable bonds is 4. The number of benzene rings is 1. The van der Waals surface area contributed by atoms with E-state index >= 15 is 0 Å². The summed E-state index contributed by atoms with van der Waals surface area (Å²) in [7, 11) is 0. The molecule has 0 amide bonds. The third-order valence-electron chi connectivity index (χ3n) is 3.36. The van der Waals surface area contributed by atoms with Crippen molar-refractivity contribution in [3.05, 3.63) is 53.8 Å². The summed E-state index contributed by atoms with van der Waals surface area (Å²) < 4.78 is 15.8. The molecule has 1 aliphatic rings. The topological polar surface area (TPSA) is 70.5 Å². The zero-order chi connectivity index (χ0) is 16.4. The van der Waals surface area contributed by atoms with Crippen molar-refractivity contribution in [3.63, 3.8) is 0 Å². The lowest BCUT2D eigenvalue weighted by Crippen LogP contribution is -2.11. The van der Waals surface area contributed by atoms with Crippen molar-refractivity contribution in [3.8, 4) is 27.8 Å². The average molecular weight is 340 g/mol. The highest BCUT2D eigenvalue weighted by Gasteiger charge is 2.16. The first kappa shape index (κ1) is 14.6. The number of carbonyl (C=O) groups excluding carboxylic acids is 1. The number of carbonyl (C=O) groups is 1. The van der Waals surface area contributed by atoms with E-state index in [-0.39, 0.29) is 19.2 Å². The number of pyridine rings is 1. The van der Waals surface area contributed by atoms with Crippen LogP contribution in [0.5, 0.6) is 17.2 Å². The van der Waals surface area contributed by atoms with E-state index in [1.54, 1.807) is 30.6 Å². The highest BCUT2D eigenvalue weighted by molar-refractivity contribution is 7.13. The average Bonchev–Trinajstić information content (AvgIpc) is 3.24. The quantitative estimate of drug-likeness (QED) is 0.537. The molecule has 0 spiro atoms. The van der Waals surface area contributed by atoms with Crippen LogP contribution in [0.15, 0.2) is 48.1 Å². The van der Waals surface area contributed by atoms with Crippen molar-refractivity contribution >= 4 is 17.3 Å². The standard InChI is InChI=1S/C17H12N2O4S/c20-16(23-13-3-4-14-15(7-13)22-10-21-14)6-12-9-24-17(19-12)11-2-1-5-18-8-11/h1-5,7-9H,6,10H2. The number of esters is 1. The van der Waals surface area contributed by atoms with Gasteiger partial charge in [-0.1, -0.05) is 0 Å². The first-order valence-electron chi connectivity index (χ1n) is 7.23. The SMILES string of the molecule is O=C(Cc1csc(-c2cccnc2)n1)Oc1ccc2c(c1)OCO2. The number of ether oxygens (including phenoxy) is 3. The van der Waals surface area contributed by atoms with Crippen LogP contribution in [-0.2, 0) is 11.2 Å². The monoisotopic (exact) mass is 340 g/mol. The molecule has 24 heavy (non-hydrogen) atoms. The maximum atomic E-state index is 12.1. The van der Waals surface area contributed by atoms with Crippen LogP contribution in [0.3, 0.4) is 0 Å². The largest absolute Gasteiger partial charge is 0.454 e. The number of thiazole rings is 1. The lowest BCUT2D eigenvalue weighted by Gasteiger charge is -2.04. The molecule has 2 aromatic heterocycles. The summed E-state index contributed by atoms with van der Waals surface area (Å²) in [5.41, 5.74) is 1.60. The fourth-order valence-corrected chi connectivity index (χ4v) is 3.08. The first-order chi connectivity index (χ1) is 11.8. The van der Waals surface area contributed by atoms with E-state index in [4.69, 9.17) is 14.2 Å². The van der Waals surface area contributed by atoms with Gasteiger partial charge in [0.1, 0.15) is 10.8 Å². The van der Waals surface area contributed by atoms with E-state index in [1.807, 2.05) is 17.5 Å². The summed E-state index contributed by atoms with van der Waals surface area (Å²) in [5, 5.41) is 2.68. The Morgan fingerprint density at radius 3 is 3.04 bits per heavy atom. The smallest absolute Gasteiger partial charge is 0.317 e. The first-order valence-corrected chi connectivity index (χ1v) is 8.11. The number of hydrogen-bond acceptors (Lipinski definition) is 7. The maximum Gasteiger partial charge on any atom is 0.317 e. The van der Waals surface area contributed by atoms with Crippen molar-refractivity contribution in [2.45, 2.75) is 6.42 Å². The summed E-state index contributed by atoms with van der Waals surface area (Å²) in [6, 6.07) is 8.81. The second-order valence-electron chi connectivity index (χ2n) is 5.05. The Balaban J connectivity index is 1.42. The van der Waals surface area contributed by atoms with Gasteiger partial charge in [0.15, 0.2) is 11.5 Å². The van der Waals surface area contributed by atoms with Gasteiger partial charge in [0.25, 0.3) is 0 Å². The fraction of sp³-hybridized carbons (Fsp3) is 0.118. The molecule has 0 unspecified atom stereocenters. The van der Waals surface area contributed by atoms with Crippen molar-refractivity contribution in [2.75, 3.05) is 6.79 Å². The van der Waals surface area contributed by atoms with Crippen LogP contribution in [0.4, 0.5) is 0 Å². The number of hydrogen-bond donors (Lipinski definition) is 0. The van der Waals surface area contributed by atoms with Crippen LogP contribution in [0, 0.1) is 0 Å². The van der Waals surface area contributed by atoms with Gasteiger partial charge in [0.05, 0.1) is 12.1 Å². The zero-order valence-corrected chi connectivity index (χ0v) is 13.3. The minimum Gasteiger partial charge on any atom is -0.454 e. The minimum absolute atomic E-state index is 0.102. The van der Waals surface area contributed by atoms with Gasteiger partial charge in [0.2, 0.25) is 6.79 Å². The Bertz CT molecular complexity index is 879. The van der Waals surface area contributed by atoms with Gasteiger partial charge >= 0.3 is 5.97 Å². The van der Waals surface area contributed by atoms with Gasteiger partial charge in [-0.3, -0.25) is 9.78 Å². The third-order valence-corrected chi connectivity index (χ3v) is 4.30. The molecule has 0 saturated carbocycles. The Labute approximate surface area is 141 Å². The van der Waals surface area contributed by atoms with Gasteiger partial charge in [-0.25, -0.2) is 4.98 Å². The molecule has 0 aliphatic carbocycles. The van der Waals surface area contributed by atoms with Crippen molar-refractivity contribution in [1.29, 1.82) is 0 Å². The molecule has 0 N–H and O–H groups in total. The van der Waals surface area contributed by atoms with E-state index in [0.29, 0.717) is 22.9 Å². The van der Waals surface area contributed by atoms with Gasteiger partial charge < -0.3 is 14.2 Å². The molecule has 0 radical (unpaired) electrons. The lowest BCUT2D eigenvalue weighted by atomic mass is 10.3. The molecule has 7 heteroatoms. The molecule has 6 nitrogen and oxygen atoms in total. The van der Waals surface area contributed by atoms with Gasteiger partial charge in [-0.05, 0) is 24.3 Å². The molecule has 4 rings (SSSR count). The van der Waals surface area contributed by atoms with E-state index in [9.17, 15) is 4.79 Å². The number of nitrogens with zero attached hydrogens (tertiary/aromatic N) is 2. The molecular weight excluding hydrogens is 328 g/mol. The van der Waals surface area contributed by atoms with E-state index < -0.39 is 0 Å². The maximum absolute atomic E-state index is 12.1. The van der Waals surface area contributed by atoms with Gasteiger partial charge in [-0.2, -0.15) is 0 Å². The molecule has 0 bridgehead atoms. The highest BCUT2D eigenvalue weighted by Crippen LogP contribution is 2.35.